The van der Waals surface area contributed by atoms with E-state index in [9.17, 15) is 9.90 Å². The molecule has 1 aliphatic carbocycles. The molecule has 1 N–H and O–H groups in total. The third kappa shape index (κ3) is 4.23. The van der Waals surface area contributed by atoms with Crippen molar-refractivity contribution in [2.45, 2.75) is 63.5 Å². The molecule has 0 fully saturated rings. The SMILES string of the molecule is CCOC(=O)CCSC1Cc2ccc(O)cc2C(CC)(CC)C1. The van der Waals surface area contributed by atoms with Crippen molar-refractivity contribution in [1.29, 1.82) is 0 Å². The van der Waals surface area contributed by atoms with Gasteiger partial charge in [0.05, 0.1) is 13.0 Å². The highest BCUT2D eigenvalue weighted by Crippen LogP contribution is 2.46. The first-order chi connectivity index (χ1) is 11.0. The van der Waals surface area contributed by atoms with Crippen molar-refractivity contribution in [2.75, 3.05) is 12.4 Å². The molecule has 0 amide bonds. The number of esters is 1. The number of rotatable bonds is 7. The fraction of sp³-hybridized carbons (Fsp3) is 0.632. The first-order valence-electron chi connectivity index (χ1n) is 8.64. The zero-order valence-electron chi connectivity index (χ0n) is 14.4. The number of carbonyl (C=O) groups is 1. The van der Waals surface area contributed by atoms with Crippen LogP contribution in [0, 0.1) is 0 Å². The van der Waals surface area contributed by atoms with Gasteiger partial charge in [-0.15, -0.1) is 0 Å². The van der Waals surface area contributed by atoms with E-state index in [1.165, 1.54) is 11.1 Å². The van der Waals surface area contributed by atoms with Gasteiger partial charge >= 0.3 is 5.97 Å². The third-order valence-corrected chi connectivity index (χ3v) is 6.29. The maximum absolute atomic E-state index is 11.5. The first kappa shape index (κ1) is 18.2. The van der Waals surface area contributed by atoms with Gasteiger partial charge in [0.15, 0.2) is 0 Å². The average Bonchev–Trinajstić information content (AvgIpc) is 2.54. The van der Waals surface area contributed by atoms with Crippen molar-refractivity contribution in [2.24, 2.45) is 0 Å². The predicted octanol–water partition coefficient (Wildman–Crippen LogP) is 4.45. The Balaban J connectivity index is 2.08. The summed E-state index contributed by atoms with van der Waals surface area (Å²) in [4.78, 5) is 11.5. The van der Waals surface area contributed by atoms with Gasteiger partial charge in [0.2, 0.25) is 0 Å². The number of hydrogen-bond donors (Lipinski definition) is 1. The average molecular weight is 336 g/mol. The molecule has 0 saturated heterocycles. The summed E-state index contributed by atoms with van der Waals surface area (Å²) in [5.41, 5.74) is 2.82. The Labute approximate surface area is 143 Å². The van der Waals surface area contributed by atoms with Crippen LogP contribution in [0.4, 0.5) is 0 Å². The minimum absolute atomic E-state index is 0.0987. The topological polar surface area (TPSA) is 46.5 Å². The van der Waals surface area contributed by atoms with Crippen LogP contribution in [-0.4, -0.2) is 28.7 Å². The van der Waals surface area contributed by atoms with Crippen LogP contribution in [0.3, 0.4) is 0 Å². The molecule has 1 aromatic rings. The molecule has 0 spiro atoms. The molecule has 2 rings (SSSR count). The summed E-state index contributed by atoms with van der Waals surface area (Å²) in [5, 5.41) is 10.4. The largest absolute Gasteiger partial charge is 0.508 e. The van der Waals surface area contributed by atoms with E-state index >= 15 is 0 Å². The normalized spacial score (nSPS) is 19.2. The Morgan fingerprint density at radius 2 is 2.09 bits per heavy atom. The van der Waals surface area contributed by atoms with Gasteiger partial charge in [-0.2, -0.15) is 11.8 Å². The number of carbonyl (C=O) groups excluding carboxylic acids is 1. The molecule has 1 aromatic carbocycles. The highest BCUT2D eigenvalue weighted by Gasteiger charge is 2.38. The quantitative estimate of drug-likeness (QED) is 0.747. The Bertz CT molecular complexity index is 537. The predicted molar refractivity (Wildman–Crippen MR) is 96.2 cm³/mol. The van der Waals surface area contributed by atoms with E-state index in [0.717, 1.165) is 31.4 Å². The van der Waals surface area contributed by atoms with E-state index in [1.807, 2.05) is 24.8 Å². The monoisotopic (exact) mass is 336 g/mol. The van der Waals surface area contributed by atoms with E-state index in [2.05, 4.69) is 19.9 Å². The molecule has 1 atom stereocenters. The molecule has 0 heterocycles. The molecule has 1 aliphatic rings. The van der Waals surface area contributed by atoms with Gasteiger partial charge in [0, 0.05) is 11.0 Å². The molecule has 0 saturated carbocycles. The van der Waals surface area contributed by atoms with E-state index in [4.69, 9.17) is 4.74 Å². The van der Waals surface area contributed by atoms with Gasteiger partial charge in [-0.05, 0) is 61.3 Å². The minimum Gasteiger partial charge on any atom is -0.508 e. The summed E-state index contributed by atoms with van der Waals surface area (Å²) >= 11 is 1.89. The Hall–Kier alpha value is -1.16. The molecular formula is C19H28O3S. The summed E-state index contributed by atoms with van der Waals surface area (Å²) < 4.78 is 5.00. The minimum atomic E-state index is -0.0987. The van der Waals surface area contributed by atoms with Crippen LogP contribution in [0.15, 0.2) is 18.2 Å². The van der Waals surface area contributed by atoms with Crippen LogP contribution in [0.5, 0.6) is 5.75 Å². The number of thioether (sulfide) groups is 1. The second kappa shape index (κ2) is 8.09. The van der Waals surface area contributed by atoms with Crippen LogP contribution in [0.2, 0.25) is 0 Å². The van der Waals surface area contributed by atoms with Gasteiger partial charge < -0.3 is 9.84 Å². The van der Waals surface area contributed by atoms with Crippen LogP contribution in [0.25, 0.3) is 0 Å². The Morgan fingerprint density at radius 3 is 2.74 bits per heavy atom. The molecule has 0 radical (unpaired) electrons. The number of hydrogen-bond acceptors (Lipinski definition) is 4. The Morgan fingerprint density at radius 1 is 1.35 bits per heavy atom. The van der Waals surface area contributed by atoms with Crippen LogP contribution >= 0.6 is 11.8 Å². The summed E-state index contributed by atoms with van der Waals surface area (Å²) in [5.74, 6) is 1.09. The molecule has 0 aromatic heterocycles. The molecule has 1 unspecified atom stereocenters. The van der Waals surface area contributed by atoms with E-state index in [1.54, 1.807) is 6.07 Å². The highest BCUT2D eigenvalue weighted by molar-refractivity contribution is 7.99. The number of phenols is 1. The van der Waals surface area contributed by atoms with Gasteiger partial charge in [-0.1, -0.05) is 19.9 Å². The lowest BCUT2D eigenvalue weighted by Crippen LogP contribution is -2.35. The van der Waals surface area contributed by atoms with E-state index < -0.39 is 0 Å². The summed E-state index contributed by atoms with van der Waals surface area (Å²) in [6.07, 6.45) is 4.78. The number of benzene rings is 1. The van der Waals surface area contributed by atoms with Crippen molar-refractivity contribution in [1.82, 2.24) is 0 Å². The fourth-order valence-corrected chi connectivity index (χ4v) is 5.03. The van der Waals surface area contributed by atoms with Gasteiger partial charge in [-0.25, -0.2) is 0 Å². The van der Waals surface area contributed by atoms with Gasteiger partial charge in [-0.3, -0.25) is 4.79 Å². The maximum atomic E-state index is 11.5. The molecule has 3 nitrogen and oxygen atoms in total. The maximum Gasteiger partial charge on any atom is 0.306 e. The summed E-state index contributed by atoms with van der Waals surface area (Å²) in [6.45, 7) is 6.78. The summed E-state index contributed by atoms with van der Waals surface area (Å²) in [7, 11) is 0. The third-order valence-electron chi connectivity index (χ3n) is 5.05. The smallest absolute Gasteiger partial charge is 0.306 e. The van der Waals surface area contributed by atoms with Crippen LogP contribution < -0.4 is 0 Å². The lowest BCUT2D eigenvalue weighted by molar-refractivity contribution is -0.142. The van der Waals surface area contributed by atoms with Crippen molar-refractivity contribution >= 4 is 17.7 Å². The van der Waals surface area contributed by atoms with Gasteiger partial charge in [0.1, 0.15) is 5.75 Å². The molecule has 23 heavy (non-hydrogen) atoms. The lowest BCUT2D eigenvalue weighted by Gasteiger charge is -2.41. The zero-order chi connectivity index (χ0) is 16.9. The van der Waals surface area contributed by atoms with Gasteiger partial charge in [0.25, 0.3) is 0 Å². The molecule has 0 bridgehead atoms. The van der Waals surface area contributed by atoms with Crippen molar-refractivity contribution < 1.29 is 14.6 Å². The van der Waals surface area contributed by atoms with Crippen molar-refractivity contribution in [3.05, 3.63) is 29.3 Å². The Kier molecular flexibility index (Phi) is 6.40. The summed E-state index contributed by atoms with van der Waals surface area (Å²) in [6, 6.07) is 5.82. The molecule has 0 aliphatic heterocycles. The standard InChI is InChI=1S/C19H28O3S/c1-4-19(5-2)13-16(23-10-9-18(21)22-6-3)11-14-7-8-15(20)12-17(14)19/h7-8,12,16,20H,4-6,9-11,13H2,1-3H3. The molecular weight excluding hydrogens is 308 g/mol. The lowest BCUT2D eigenvalue weighted by atomic mass is 9.66. The first-order valence-corrected chi connectivity index (χ1v) is 9.69. The second-order valence-corrected chi connectivity index (χ2v) is 7.69. The van der Waals surface area contributed by atoms with Crippen LogP contribution in [0.1, 0.15) is 57.6 Å². The highest BCUT2D eigenvalue weighted by atomic mass is 32.2. The number of ether oxygens (including phenoxy) is 1. The number of fused-ring (bicyclic) bond motifs is 1. The van der Waals surface area contributed by atoms with Crippen LogP contribution in [-0.2, 0) is 21.4 Å². The fourth-order valence-electron chi connectivity index (χ4n) is 3.68. The van der Waals surface area contributed by atoms with Crippen molar-refractivity contribution in [3.8, 4) is 5.75 Å². The number of phenolic OH excluding ortho intramolecular Hbond substituents is 1. The molecule has 4 heteroatoms. The second-order valence-electron chi connectivity index (χ2n) is 6.28. The number of aromatic hydroxyl groups is 1. The van der Waals surface area contributed by atoms with E-state index in [0.29, 0.717) is 24.0 Å². The molecule has 128 valence electrons. The zero-order valence-corrected chi connectivity index (χ0v) is 15.2. The van der Waals surface area contributed by atoms with Crippen molar-refractivity contribution in [3.63, 3.8) is 0 Å². The van der Waals surface area contributed by atoms with E-state index in [-0.39, 0.29) is 11.4 Å².